The smallest absolute Gasteiger partial charge is 0.307 e. The maximum Gasteiger partial charge on any atom is 0.307 e. The molecule has 0 saturated heterocycles. The van der Waals surface area contributed by atoms with Gasteiger partial charge in [0.2, 0.25) is 0 Å². The van der Waals surface area contributed by atoms with E-state index in [4.69, 9.17) is 14.9 Å². The van der Waals surface area contributed by atoms with Crippen molar-refractivity contribution < 1.29 is 18.9 Å². The van der Waals surface area contributed by atoms with Gasteiger partial charge in [0, 0.05) is 6.07 Å². The topological polar surface area (TPSA) is 109 Å². The number of carbonyl (C=O) groups is 1. The third-order valence-corrected chi connectivity index (χ3v) is 3.05. The first-order valence-corrected chi connectivity index (χ1v) is 6.77. The molecule has 1 heterocycles. The molecule has 0 aliphatic heterocycles. The Kier molecular flexibility index (Phi) is 4.90. The summed E-state index contributed by atoms with van der Waals surface area (Å²) in [4.78, 5) is 22.0. The van der Waals surface area contributed by atoms with Crippen molar-refractivity contribution in [2.24, 2.45) is 5.73 Å². The van der Waals surface area contributed by atoms with Gasteiger partial charge in [-0.3, -0.25) is 14.9 Å². The minimum absolute atomic E-state index is 0.0162. The van der Waals surface area contributed by atoms with E-state index in [1.54, 1.807) is 37.3 Å². The summed E-state index contributed by atoms with van der Waals surface area (Å²) < 4.78 is 10.4. The van der Waals surface area contributed by atoms with Crippen LogP contribution in [0.25, 0.3) is 11.3 Å². The number of carbonyl (C=O) groups excluding carboxylic acids is 1. The normalized spacial score (nSPS) is 11.9. The van der Waals surface area contributed by atoms with Gasteiger partial charge < -0.3 is 14.9 Å². The van der Waals surface area contributed by atoms with Crippen molar-refractivity contribution >= 4 is 11.7 Å². The second-order valence-corrected chi connectivity index (χ2v) is 4.59. The van der Waals surface area contributed by atoms with Crippen LogP contribution in [0.15, 0.2) is 40.8 Å². The molecule has 0 amide bonds. The Hall–Kier alpha value is -2.67. The van der Waals surface area contributed by atoms with Gasteiger partial charge in [0.15, 0.2) is 0 Å². The van der Waals surface area contributed by atoms with E-state index in [1.165, 1.54) is 6.07 Å². The lowest BCUT2D eigenvalue weighted by Crippen LogP contribution is -2.16. The van der Waals surface area contributed by atoms with Gasteiger partial charge in [-0.2, -0.15) is 0 Å². The fourth-order valence-corrected chi connectivity index (χ4v) is 2.04. The average Bonchev–Trinajstić information content (AvgIpc) is 2.97. The number of esters is 1. The molecule has 2 rings (SSSR count). The highest BCUT2D eigenvalue weighted by Gasteiger charge is 2.20. The van der Waals surface area contributed by atoms with Crippen molar-refractivity contribution in [2.75, 3.05) is 6.61 Å². The van der Waals surface area contributed by atoms with Gasteiger partial charge in [-0.25, -0.2) is 0 Å². The molecule has 0 saturated carbocycles. The van der Waals surface area contributed by atoms with Crippen LogP contribution in [-0.2, 0) is 9.53 Å². The number of nitro groups is 1. The molecule has 0 radical (unpaired) electrons. The molecule has 7 heteroatoms. The molecule has 0 aliphatic carbocycles. The standard InChI is InChI=1S/C15H16N2O5/c1-2-21-15(18)9-11(16)14-8-7-13(22-14)10-5-3-4-6-12(10)17(19)20/h3-8,11H,2,9,16H2,1H3/t11-/m1/s1. The Morgan fingerprint density at radius 1 is 1.36 bits per heavy atom. The molecule has 0 aliphatic rings. The monoisotopic (exact) mass is 304 g/mol. The fraction of sp³-hybridized carbons (Fsp3) is 0.267. The van der Waals surface area contributed by atoms with Crippen LogP contribution >= 0.6 is 0 Å². The van der Waals surface area contributed by atoms with E-state index in [0.29, 0.717) is 17.1 Å². The number of para-hydroxylation sites is 1. The van der Waals surface area contributed by atoms with Crippen molar-refractivity contribution in [3.63, 3.8) is 0 Å². The third-order valence-electron chi connectivity index (χ3n) is 3.05. The van der Waals surface area contributed by atoms with Crippen LogP contribution in [0, 0.1) is 10.1 Å². The summed E-state index contributed by atoms with van der Waals surface area (Å²) in [5.74, 6) is 0.293. The zero-order valence-electron chi connectivity index (χ0n) is 12.0. The van der Waals surface area contributed by atoms with Gasteiger partial charge in [0.1, 0.15) is 11.5 Å². The molecule has 2 aromatic rings. The second-order valence-electron chi connectivity index (χ2n) is 4.59. The second kappa shape index (κ2) is 6.86. The van der Waals surface area contributed by atoms with E-state index < -0.39 is 16.9 Å². The summed E-state index contributed by atoms with van der Waals surface area (Å²) in [5, 5.41) is 11.0. The predicted molar refractivity (Wildman–Crippen MR) is 79.0 cm³/mol. The minimum Gasteiger partial charge on any atom is -0.466 e. The Balaban J connectivity index is 2.22. The van der Waals surface area contributed by atoms with Crippen molar-refractivity contribution in [1.29, 1.82) is 0 Å². The maximum absolute atomic E-state index is 11.4. The number of furan rings is 1. The first-order valence-electron chi connectivity index (χ1n) is 6.77. The van der Waals surface area contributed by atoms with Crippen LogP contribution in [0.3, 0.4) is 0 Å². The van der Waals surface area contributed by atoms with E-state index in [-0.39, 0.29) is 18.7 Å². The van der Waals surface area contributed by atoms with E-state index in [2.05, 4.69) is 0 Å². The zero-order chi connectivity index (χ0) is 16.1. The van der Waals surface area contributed by atoms with Gasteiger partial charge in [-0.1, -0.05) is 12.1 Å². The molecule has 0 spiro atoms. The zero-order valence-corrected chi connectivity index (χ0v) is 12.0. The van der Waals surface area contributed by atoms with E-state index in [0.717, 1.165) is 0 Å². The predicted octanol–water partition coefficient (Wildman–Crippen LogP) is 2.81. The molecule has 116 valence electrons. The van der Waals surface area contributed by atoms with Crippen LogP contribution in [0.4, 0.5) is 5.69 Å². The van der Waals surface area contributed by atoms with Crippen molar-refractivity contribution in [3.05, 3.63) is 52.3 Å². The molecule has 22 heavy (non-hydrogen) atoms. The lowest BCUT2D eigenvalue weighted by Gasteiger charge is -2.07. The van der Waals surface area contributed by atoms with Crippen LogP contribution < -0.4 is 5.73 Å². The third kappa shape index (κ3) is 3.50. The van der Waals surface area contributed by atoms with Crippen LogP contribution in [0.1, 0.15) is 25.1 Å². The molecule has 0 bridgehead atoms. The molecular weight excluding hydrogens is 288 g/mol. The van der Waals surface area contributed by atoms with Crippen molar-refractivity contribution in [3.8, 4) is 11.3 Å². The van der Waals surface area contributed by atoms with Gasteiger partial charge >= 0.3 is 5.97 Å². The number of hydrogen-bond donors (Lipinski definition) is 1. The van der Waals surface area contributed by atoms with Crippen molar-refractivity contribution in [1.82, 2.24) is 0 Å². The summed E-state index contributed by atoms with van der Waals surface area (Å²) in [6, 6.07) is 8.81. The quantitative estimate of drug-likeness (QED) is 0.499. The molecule has 1 aromatic heterocycles. The highest BCUT2D eigenvalue weighted by molar-refractivity contribution is 5.71. The van der Waals surface area contributed by atoms with Gasteiger partial charge in [0.05, 0.1) is 29.6 Å². The fourth-order valence-electron chi connectivity index (χ4n) is 2.04. The lowest BCUT2D eigenvalue weighted by atomic mass is 10.1. The molecule has 0 unspecified atom stereocenters. The van der Waals surface area contributed by atoms with Crippen molar-refractivity contribution in [2.45, 2.75) is 19.4 Å². The Morgan fingerprint density at radius 2 is 2.09 bits per heavy atom. The first-order chi connectivity index (χ1) is 10.5. The Labute approximate surface area is 126 Å². The van der Waals surface area contributed by atoms with Gasteiger partial charge in [0.25, 0.3) is 5.69 Å². The number of hydrogen-bond acceptors (Lipinski definition) is 6. The number of nitrogens with zero attached hydrogens (tertiary/aromatic N) is 1. The molecule has 1 aromatic carbocycles. The largest absolute Gasteiger partial charge is 0.466 e. The number of rotatable bonds is 6. The lowest BCUT2D eigenvalue weighted by molar-refractivity contribution is -0.384. The molecule has 7 nitrogen and oxygen atoms in total. The molecule has 0 fully saturated rings. The van der Waals surface area contributed by atoms with Crippen LogP contribution in [0.5, 0.6) is 0 Å². The molecule has 2 N–H and O–H groups in total. The summed E-state index contributed by atoms with van der Waals surface area (Å²) in [6.07, 6.45) is -0.0162. The summed E-state index contributed by atoms with van der Waals surface area (Å²) in [7, 11) is 0. The van der Waals surface area contributed by atoms with Crippen LogP contribution in [-0.4, -0.2) is 17.5 Å². The van der Waals surface area contributed by atoms with Crippen LogP contribution in [0.2, 0.25) is 0 Å². The number of benzene rings is 1. The van der Waals surface area contributed by atoms with E-state index in [1.807, 2.05) is 0 Å². The van der Waals surface area contributed by atoms with E-state index >= 15 is 0 Å². The first kappa shape index (κ1) is 15.7. The Morgan fingerprint density at radius 3 is 2.77 bits per heavy atom. The summed E-state index contributed by atoms with van der Waals surface area (Å²) in [6.45, 7) is 1.99. The SMILES string of the molecule is CCOC(=O)C[C@@H](N)c1ccc(-c2ccccc2[N+](=O)[O-])o1. The highest BCUT2D eigenvalue weighted by atomic mass is 16.6. The maximum atomic E-state index is 11.4. The summed E-state index contributed by atoms with van der Waals surface area (Å²) >= 11 is 0. The Bertz CT molecular complexity index is 680. The average molecular weight is 304 g/mol. The number of nitro benzene ring substituents is 1. The minimum atomic E-state index is -0.657. The highest BCUT2D eigenvalue weighted by Crippen LogP contribution is 2.32. The summed E-state index contributed by atoms with van der Waals surface area (Å²) in [5.41, 5.74) is 6.20. The number of ether oxygens (including phenoxy) is 1. The van der Waals surface area contributed by atoms with Gasteiger partial charge in [-0.15, -0.1) is 0 Å². The number of nitrogens with two attached hydrogens (primary N) is 1. The van der Waals surface area contributed by atoms with E-state index in [9.17, 15) is 14.9 Å². The molecular formula is C15H16N2O5. The van der Waals surface area contributed by atoms with Gasteiger partial charge in [-0.05, 0) is 25.1 Å². The molecule has 1 atom stereocenters.